The van der Waals surface area contributed by atoms with Crippen LogP contribution < -0.4 is 0 Å². The standard InChI is InChI=1S/C29H39NO2S/c1-21-9-7-8-12-27(21)29-15-24(13-14-28(29)22(2)31)17-30-18-26(16-25(30)19-32-3)33-20-23-10-5-4-6-11-23/h7-9,12-15,23,25-26H,4-6,10-11,16-20H2,1-3H3. The molecule has 1 saturated carbocycles. The number of ether oxygens (including phenoxy) is 1. The third-order valence-corrected chi connectivity index (χ3v) is 8.90. The fourth-order valence-corrected chi connectivity index (χ4v) is 7.11. The van der Waals surface area contributed by atoms with E-state index in [-0.39, 0.29) is 5.78 Å². The number of carbonyl (C=O) groups excluding carboxylic acids is 1. The van der Waals surface area contributed by atoms with Gasteiger partial charge < -0.3 is 4.74 Å². The van der Waals surface area contributed by atoms with E-state index in [9.17, 15) is 4.79 Å². The van der Waals surface area contributed by atoms with Gasteiger partial charge in [-0.25, -0.2) is 0 Å². The Morgan fingerprint density at radius 1 is 1.09 bits per heavy atom. The molecule has 1 aliphatic carbocycles. The van der Waals surface area contributed by atoms with Crippen molar-refractivity contribution < 1.29 is 9.53 Å². The second-order valence-electron chi connectivity index (χ2n) is 9.98. The average Bonchev–Trinajstić information content (AvgIpc) is 3.20. The van der Waals surface area contributed by atoms with Crippen LogP contribution in [0.5, 0.6) is 0 Å². The molecule has 2 aromatic rings. The topological polar surface area (TPSA) is 29.5 Å². The number of carbonyl (C=O) groups is 1. The molecule has 2 aliphatic rings. The van der Waals surface area contributed by atoms with Gasteiger partial charge in [0.2, 0.25) is 0 Å². The molecule has 0 bridgehead atoms. The summed E-state index contributed by atoms with van der Waals surface area (Å²) in [5, 5.41) is 0.694. The van der Waals surface area contributed by atoms with E-state index in [2.05, 4.69) is 60.0 Å². The summed E-state index contributed by atoms with van der Waals surface area (Å²) >= 11 is 2.20. The summed E-state index contributed by atoms with van der Waals surface area (Å²) in [5.41, 5.74) is 5.50. The zero-order valence-electron chi connectivity index (χ0n) is 20.5. The maximum Gasteiger partial charge on any atom is 0.160 e. The molecule has 1 aliphatic heterocycles. The molecule has 1 saturated heterocycles. The number of methoxy groups -OCH3 is 1. The normalized spacial score (nSPS) is 22.0. The molecule has 0 spiro atoms. The van der Waals surface area contributed by atoms with Gasteiger partial charge in [-0.05, 0) is 73.1 Å². The van der Waals surface area contributed by atoms with Crippen LogP contribution in [0, 0.1) is 12.8 Å². The first-order valence-electron chi connectivity index (χ1n) is 12.6. The lowest BCUT2D eigenvalue weighted by molar-refractivity contribution is 0.101. The molecule has 178 valence electrons. The van der Waals surface area contributed by atoms with Gasteiger partial charge in [-0.15, -0.1) is 0 Å². The van der Waals surface area contributed by atoms with Crippen LogP contribution in [0.15, 0.2) is 42.5 Å². The highest BCUT2D eigenvalue weighted by Crippen LogP contribution is 2.35. The summed E-state index contributed by atoms with van der Waals surface area (Å²) in [4.78, 5) is 15.0. The smallest absolute Gasteiger partial charge is 0.160 e. The molecule has 4 heteroatoms. The Morgan fingerprint density at radius 3 is 2.61 bits per heavy atom. The Bertz CT molecular complexity index is 937. The molecule has 33 heavy (non-hydrogen) atoms. The predicted octanol–water partition coefficient (Wildman–Crippen LogP) is 6.77. The Morgan fingerprint density at radius 2 is 1.88 bits per heavy atom. The van der Waals surface area contributed by atoms with Crippen LogP contribution in [-0.4, -0.2) is 48.0 Å². The van der Waals surface area contributed by atoms with Gasteiger partial charge in [0.1, 0.15) is 0 Å². The number of Topliss-reactive ketones (excluding diaryl/α,β-unsaturated/α-hetero) is 1. The molecular formula is C29H39NO2S. The van der Waals surface area contributed by atoms with Crippen molar-refractivity contribution in [2.24, 2.45) is 5.92 Å². The summed E-state index contributed by atoms with van der Waals surface area (Å²) in [5.74, 6) is 2.37. The summed E-state index contributed by atoms with van der Waals surface area (Å²) in [6.45, 7) is 6.61. The van der Waals surface area contributed by atoms with E-state index in [1.807, 2.05) is 13.2 Å². The van der Waals surface area contributed by atoms with E-state index in [1.165, 1.54) is 55.4 Å². The number of hydrogen-bond donors (Lipinski definition) is 0. The lowest BCUT2D eigenvalue weighted by Gasteiger charge is -2.24. The minimum atomic E-state index is 0.123. The molecule has 2 fully saturated rings. The van der Waals surface area contributed by atoms with E-state index in [0.29, 0.717) is 11.3 Å². The highest BCUT2D eigenvalue weighted by molar-refractivity contribution is 7.99. The van der Waals surface area contributed by atoms with Gasteiger partial charge in [0, 0.05) is 37.1 Å². The number of hydrogen-bond acceptors (Lipinski definition) is 4. The van der Waals surface area contributed by atoms with Crippen molar-refractivity contribution in [3.63, 3.8) is 0 Å². The van der Waals surface area contributed by atoms with Crippen molar-refractivity contribution in [3.8, 4) is 11.1 Å². The number of ketones is 1. The van der Waals surface area contributed by atoms with Crippen molar-refractivity contribution in [1.82, 2.24) is 4.90 Å². The second kappa shape index (κ2) is 11.7. The fourth-order valence-electron chi connectivity index (χ4n) is 5.57. The summed E-state index contributed by atoms with van der Waals surface area (Å²) in [7, 11) is 1.82. The van der Waals surface area contributed by atoms with Crippen molar-refractivity contribution in [3.05, 3.63) is 59.2 Å². The van der Waals surface area contributed by atoms with Gasteiger partial charge >= 0.3 is 0 Å². The number of likely N-dealkylation sites (tertiary alicyclic amines) is 1. The molecule has 0 N–H and O–H groups in total. The highest BCUT2D eigenvalue weighted by Gasteiger charge is 2.33. The molecule has 2 unspecified atom stereocenters. The molecule has 0 radical (unpaired) electrons. The summed E-state index contributed by atoms with van der Waals surface area (Å²) in [6.07, 6.45) is 8.34. The highest BCUT2D eigenvalue weighted by atomic mass is 32.2. The van der Waals surface area contributed by atoms with Crippen molar-refractivity contribution in [2.45, 2.75) is 70.2 Å². The zero-order chi connectivity index (χ0) is 23.2. The molecule has 0 aromatic heterocycles. The Balaban J connectivity index is 1.48. The predicted molar refractivity (Wildman–Crippen MR) is 140 cm³/mol. The third kappa shape index (κ3) is 6.29. The Kier molecular flexibility index (Phi) is 8.67. The van der Waals surface area contributed by atoms with E-state index < -0.39 is 0 Å². The van der Waals surface area contributed by atoms with E-state index in [1.54, 1.807) is 6.92 Å². The van der Waals surface area contributed by atoms with Crippen LogP contribution in [0.4, 0.5) is 0 Å². The lowest BCUT2D eigenvalue weighted by Crippen LogP contribution is -2.32. The molecule has 2 atom stereocenters. The van der Waals surface area contributed by atoms with Crippen molar-refractivity contribution >= 4 is 17.5 Å². The molecule has 3 nitrogen and oxygen atoms in total. The van der Waals surface area contributed by atoms with Gasteiger partial charge in [0.15, 0.2) is 5.78 Å². The first-order valence-corrected chi connectivity index (χ1v) is 13.6. The van der Waals surface area contributed by atoms with Gasteiger partial charge in [0.25, 0.3) is 0 Å². The fraction of sp³-hybridized carbons (Fsp3) is 0.552. The maximum absolute atomic E-state index is 12.4. The minimum absolute atomic E-state index is 0.123. The van der Waals surface area contributed by atoms with Gasteiger partial charge in [-0.1, -0.05) is 55.7 Å². The number of rotatable bonds is 9. The van der Waals surface area contributed by atoms with E-state index >= 15 is 0 Å². The number of nitrogens with zero attached hydrogens (tertiary/aromatic N) is 1. The summed E-state index contributed by atoms with van der Waals surface area (Å²) in [6, 6.07) is 15.2. The minimum Gasteiger partial charge on any atom is -0.383 e. The lowest BCUT2D eigenvalue weighted by atomic mass is 9.91. The van der Waals surface area contributed by atoms with Crippen LogP contribution in [-0.2, 0) is 11.3 Å². The van der Waals surface area contributed by atoms with Gasteiger partial charge in [-0.3, -0.25) is 9.69 Å². The Hall–Kier alpha value is -1.62. The largest absolute Gasteiger partial charge is 0.383 e. The van der Waals surface area contributed by atoms with Crippen LogP contribution in [0.25, 0.3) is 11.1 Å². The van der Waals surface area contributed by atoms with Crippen LogP contribution in [0.2, 0.25) is 0 Å². The van der Waals surface area contributed by atoms with Gasteiger partial charge in [0.05, 0.1) is 6.61 Å². The van der Waals surface area contributed by atoms with Gasteiger partial charge in [-0.2, -0.15) is 11.8 Å². The number of thioether (sulfide) groups is 1. The first kappa shape index (κ1) is 24.5. The first-order chi connectivity index (χ1) is 16.0. The SMILES string of the molecule is COCC1CC(SCC2CCCCC2)CN1Cc1ccc(C(C)=O)c(-c2ccccc2C)c1. The summed E-state index contributed by atoms with van der Waals surface area (Å²) < 4.78 is 5.60. The van der Waals surface area contributed by atoms with Crippen molar-refractivity contribution in [1.29, 1.82) is 0 Å². The number of benzene rings is 2. The van der Waals surface area contributed by atoms with Crippen LogP contribution in [0.1, 0.15) is 66.9 Å². The molecular weight excluding hydrogens is 426 g/mol. The van der Waals surface area contributed by atoms with Crippen molar-refractivity contribution in [2.75, 3.05) is 26.0 Å². The molecule has 1 heterocycles. The average molecular weight is 466 g/mol. The quantitative estimate of drug-likeness (QED) is 0.382. The molecule has 0 amide bonds. The van der Waals surface area contributed by atoms with E-state index in [4.69, 9.17) is 4.74 Å². The second-order valence-corrected chi connectivity index (χ2v) is 11.3. The number of aryl methyl sites for hydroxylation is 1. The Labute approximate surface area is 204 Å². The maximum atomic E-state index is 12.4. The zero-order valence-corrected chi connectivity index (χ0v) is 21.3. The van der Waals surface area contributed by atoms with Crippen LogP contribution >= 0.6 is 11.8 Å². The van der Waals surface area contributed by atoms with Crippen LogP contribution in [0.3, 0.4) is 0 Å². The van der Waals surface area contributed by atoms with E-state index in [0.717, 1.165) is 42.3 Å². The third-order valence-electron chi connectivity index (χ3n) is 7.43. The molecule has 4 rings (SSSR count). The molecule has 2 aromatic carbocycles. The monoisotopic (exact) mass is 465 g/mol.